The van der Waals surface area contributed by atoms with Crippen molar-refractivity contribution in [1.29, 1.82) is 0 Å². The van der Waals surface area contributed by atoms with Gasteiger partial charge in [0.05, 0.1) is 0 Å². The molecule has 0 bridgehead atoms. The van der Waals surface area contributed by atoms with Gasteiger partial charge in [-0.15, -0.1) is 0 Å². The first-order valence-electron chi connectivity index (χ1n) is 6.13. The van der Waals surface area contributed by atoms with Crippen molar-refractivity contribution in [3.63, 3.8) is 0 Å². The first-order chi connectivity index (χ1) is 7.41. The van der Waals surface area contributed by atoms with Crippen molar-refractivity contribution in [2.75, 3.05) is 30.9 Å². The third-order valence-electron chi connectivity index (χ3n) is 2.15. The van der Waals surface area contributed by atoms with Gasteiger partial charge >= 0.3 is 0 Å². The quantitative estimate of drug-likeness (QED) is 0.497. The standard InChI is InChI=1S/2C5H10O.C2H5I/c2*1-2-4-6-5-3-1;1-2-3/h2*1-5H2;2H2,1H3. The molecule has 0 amide bonds. The molecule has 2 nitrogen and oxygen atoms in total. The minimum atomic E-state index is 1.00. The fourth-order valence-electron chi connectivity index (χ4n) is 1.37. The van der Waals surface area contributed by atoms with Crippen molar-refractivity contribution < 1.29 is 9.47 Å². The first-order valence-corrected chi connectivity index (χ1v) is 7.65. The molecule has 0 unspecified atom stereocenters. The van der Waals surface area contributed by atoms with Gasteiger partial charge in [0.2, 0.25) is 0 Å². The molecule has 0 radical (unpaired) electrons. The van der Waals surface area contributed by atoms with Crippen molar-refractivity contribution in [3.8, 4) is 0 Å². The maximum Gasteiger partial charge on any atom is 0.0466 e. The zero-order chi connectivity index (χ0) is 11.2. The SMILES string of the molecule is C1CCOCC1.C1CCOCC1.CCI. The monoisotopic (exact) mass is 328 g/mol. The third kappa shape index (κ3) is 14.7. The molecule has 2 rings (SSSR count). The molecule has 2 heterocycles. The predicted octanol–water partition coefficient (Wildman–Crippen LogP) is 3.82. The normalized spacial score (nSPS) is 20.4. The molecule has 15 heavy (non-hydrogen) atoms. The number of hydrogen-bond donors (Lipinski definition) is 0. The van der Waals surface area contributed by atoms with Crippen LogP contribution in [0.4, 0.5) is 0 Å². The molecule has 0 N–H and O–H groups in total. The molecule has 3 heteroatoms. The molecule has 0 aromatic rings. The van der Waals surface area contributed by atoms with Crippen LogP contribution in [-0.4, -0.2) is 30.9 Å². The number of alkyl halides is 1. The summed E-state index contributed by atoms with van der Waals surface area (Å²) in [4.78, 5) is 0. The molecule has 0 aromatic heterocycles. The largest absolute Gasteiger partial charge is 0.381 e. The van der Waals surface area contributed by atoms with E-state index in [0.29, 0.717) is 0 Å². The van der Waals surface area contributed by atoms with Crippen molar-refractivity contribution in [2.24, 2.45) is 0 Å². The predicted molar refractivity (Wildman–Crippen MR) is 73.9 cm³/mol. The molecule has 2 aliphatic heterocycles. The summed E-state index contributed by atoms with van der Waals surface area (Å²) in [6.45, 7) is 6.11. The smallest absolute Gasteiger partial charge is 0.0466 e. The number of halogens is 1. The van der Waals surface area contributed by atoms with Crippen LogP contribution in [0, 0.1) is 0 Å². The summed E-state index contributed by atoms with van der Waals surface area (Å²) < 4.78 is 11.4. The lowest BCUT2D eigenvalue weighted by Crippen LogP contribution is -2.03. The molecule has 2 aliphatic rings. The van der Waals surface area contributed by atoms with Gasteiger partial charge in [-0.1, -0.05) is 29.5 Å². The van der Waals surface area contributed by atoms with Crippen molar-refractivity contribution in [1.82, 2.24) is 0 Å². The van der Waals surface area contributed by atoms with E-state index in [1.807, 2.05) is 0 Å². The Kier molecular flexibility index (Phi) is 15.3. The van der Waals surface area contributed by atoms with Crippen LogP contribution in [0.15, 0.2) is 0 Å². The van der Waals surface area contributed by atoms with Crippen molar-refractivity contribution >= 4 is 22.6 Å². The van der Waals surface area contributed by atoms with Crippen molar-refractivity contribution in [3.05, 3.63) is 0 Å². The number of rotatable bonds is 0. The Morgan fingerprint density at radius 2 is 1.00 bits per heavy atom. The molecule has 0 saturated carbocycles. The summed E-state index contributed by atoms with van der Waals surface area (Å²) in [5.74, 6) is 0. The van der Waals surface area contributed by atoms with Gasteiger partial charge in [0.25, 0.3) is 0 Å². The van der Waals surface area contributed by atoms with Crippen LogP contribution in [0.25, 0.3) is 0 Å². The second-order valence-electron chi connectivity index (χ2n) is 3.61. The lowest BCUT2D eigenvalue weighted by atomic mass is 10.2. The minimum Gasteiger partial charge on any atom is -0.381 e. The highest BCUT2D eigenvalue weighted by molar-refractivity contribution is 14.1. The van der Waals surface area contributed by atoms with Crippen LogP contribution in [0.1, 0.15) is 45.4 Å². The lowest BCUT2D eigenvalue weighted by Gasteiger charge is -2.08. The zero-order valence-corrected chi connectivity index (χ0v) is 12.1. The summed E-state index contributed by atoms with van der Waals surface area (Å²) in [6, 6.07) is 0. The average Bonchev–Trinajstić information content (AvgIpc) is 2.35. The Morgan fingerprint density at radius 1 is 0.733 bits per heavy atom. The Morgan fingerprint density at radius 3 is 1.07 bits per heavy atom. The van der Waals surface area contributed by atoms with Gasteiger partial charge in [0.1, 0.15) is 0 Å². The van der Waals surface area contributed by atoms with E-state index in [-0.39, 0.29) is 0 Å². The van der Waals surface area contributed by atoms with Crippen LogP contribution in [0.2, 0.25) is 0 Å². The van der Waals surface area contributed by atoms with E-state index in [2.05, 4.69) is 29.5 Å². The summed E-state index contributed by atoms with van der Waals surface area (Å²) in [6.07, 6.45) is 7.86. The van der Waals surface area contributed by atoms with Crippen LogP contribution >= 0.6 is 22.6 Å². The summed E-state index contributed by atoms with van der Waals surface area (Å²) in [5, 5.41) is 0. The molecule has 0 atom stereocenters. The lowest BCUT2D eigenvalue weighted by molar-refractivity contribution is 0.0967. The maximum atomic E-state index is 5.07. The Labute approximate surface area is 108 Å². The second-order valence-corrected chi connectivity index (χ2v) is 5.14. The zero-order valence-electron chi connectivity index (χ0n) is 9.97. The first kappa shape index (κ1) is 15.7. The fraction of sp³-hybridized carbons (Fsp3) is 1.00. The van der Waals surface area contributed by atoms with Gasteiger partial charge in [0, 0.05) is 26.4 Å². The molecular formula is C12H25IO2. The topological polar surface area (TPSA) is 18.5 Å². The molecule has 0 aromatic carbocycles. The average molecular weight is 328 g/mol. The van der Waals surface area contributed by atoms with E-state index < -0.39 is 0 Å². The molecule has 0 spiro atoms. The number of hydrogen-bond acceptors (Lipinski definition) is 2. The van der Waals surface area contributed by atoms with Crippen LogP contribution in [-0.2, 0) is 9.47 Å². The van der Waals surface area contributed by atoms with E-state index in [9.17, 15) is 0 Å². The van der Waals surface area contributed by atoms with Gasteiger partial charge in [0.15, 0.2) is 0 Å². The van der Waals surface area contributed by atoms with Gasteiger partial charge in [-0.3, -0.25) is 0 Å². The van der Waals surface area contributed by atoms with E-state index in [0.717, 1.165) is 26.4 Å². The molecular weight excluding hydrogens is 303 g/mol. The van der Waals surface area contributed by atoms with Gasteiger partial charge in [-0.25, -0.2) is 0 Å². The summed E-state index contributed by atoms with van der Waals surface area (Å²) in [5.41, 5.74) is 0. The Balaban J connectivity index is 0.000000210. The highest BCUT2D eigenvalue weighted by atomic mass is 127. The fourth-order valence-corrected chi connectivity index (χ4v) is 1.37. The molecule has 92 valence electrons. The van der Waals surface area contributed by atoms with Crippen LogP contribution in [0.5, 0.6) is 0 Å². The van der Waals surface area contributed by atoms with Crippen molar-refractivity contribution in [2.45, 2.75) is 45.4 Å². The highest BCUT2D eigenvalue weighted by Gasteiger charge is 1.95. The van der Waals surface area contributed by atoms with E-state index in [1.165, 1.54) is 43.0 Å². The Bertz CT molecular complexity index is 66.8. The van der Waals surface area contributed by atoms with Crippen LogP contribution < -0.4 is 0 Å². The summed E-state index contributed by atoms with van der Waals surface area (Å²) in [7, 11) is 0. The maximum absolute atomic E-state index is 5.07. The van der Waals surface area contributed by atoms with Gasteiger partial charge in [-0.05, 0) is 43.0 Å². The molecule has 0 aliphatic carbocycles. The second kappa shape index (κ2) is 14.6. The molecule has 2 fully saturated rings. The Hall–Kier alpha value is 0.650. The third-order valence-corrected chi connectivity index (χ3v) is 2.15. The highest BCUT2D eigenvalue weighted by Crippen LogP contribution is 2.02. The number of ether oxygens (including phenoxy) is 2. The van der Waals surface area contributed by atoms with Crippen LogP contribution in [0.3, 0.4) is 0 Å². The van der Waals surface area contributed by atoms with E-state index in [1.54, 1.807) is 0 Å². The van der Waals surface area contributed by atoms with Gasteiger partial charge < -0.3 is 9.47 Å². The van der Waals surface area contributed by atoms with E-state index in [4.69, 9.17) is 9.47 Å². The molecule has 2 saturated heterocycles. The summed E-state index contributed by atoms with van der Waals surface area (Å²) >= 11 is 2.29. The minimum absolute atomic E-state index is 1.00. The van der Waals surface area contributed by atoms with E-state index >= 15 is 0 Å². The van der Waals surface area contributed by atoms with Gasteiger partial charge in [-0.2, -0.15) is 0 Å².